The van der Waals surface area contributed by atoms with Crippen LogP contribution in [-0.2, 0) is 6.54 Å². The van der Waals surface area contributed by atoms with Crippen molar-refractivity contribution in [1.29, 1.82) is 0 Å². The second-order valence-corrected chi connectivity index (χ2v) is 7.12. The van der Waals surface area contributed by atoms with Crippen molar-refractivity contribution in [2.24, 2.45) is 0 Å². The van der Waals surface area contributed by atoms with E-state index in [1.165, 1.54) is 31.7 Å². The molecule has 1 aromatic carbocycles. The molecular weight excluding hydrogens is 313 g/mol. The highest BCUT2D eigenvalue weighted by molar-refractivity contribution is 9.10. The van der Waals surface area contributed by atoms with Gasteiger partial charge in [0.05, 0.1) is 0 Å². The van der Waals surface area contributed by atoms with Gasteiger partial charge in [0.1, 0.15) is 5.82 Å². The Bertz CT molecular complexity index is 405. The summed E-state index contributed by atoms with van der Waals surface area (Å²) in [6.07, 6.45) is 7.40. The molecule has 1 fully saturated rings. The zero-order valence-electron chi connectivity index (χ0n) is 10.6. The molecule has 0 atom stereocenters. The van der Waals surface area contributed by atoms with Gasteiger partial charge >= 0.3 is 0 Å². The first-order valence-electron chi connectivity index (χ1n) is 6.35. The first-order chi connectivity index (χ1) is 8.65. The van der Waals surface area contributed by atoms with Gasteiger partial charge in [-0.25, -0.2) is 4.39 Å². The second-order valence-electron chi connectivity index (χ2n) is 4.93. The molecule has 0 bridgehead atoms. The predicted molar refractivity (Wildman–Crippen MR) is 80.5 cm³/mol. The summed E-state index contributed by atoms with van der Waals surface area (Å²) in [5.74, 6) is -0.129. The van der Waals surface area contributed by atoms with E-state index >= 15 is 0 Å². The van der Waals surface area contributed by atoms with Crippen LogP contribution in [0.25, 0.3) is 0 Å². The van der Waals surface area contributed by atoms with Gasteiger partial charge in [0.25, 0.3) is 0 Å². The van der Waals surface area contributed by atoms with Crippen molar-refractivity contribution < 1.29 is 4.39 Å². The molecule has 1 aliphatic carbocycles. The van der Waals surface area contributed by atoms with Crippen LogP contribution in [-0.4, -0.2) is 17.5 Å². The monoisotopic (exact) mass is 331 g/mol. The fourth-order valence-corrected chi connectivity index (χ4v) is 3.93. The molecule has 0 spiro atoms. The van der Waals surface area contributed by atoms with Crippen molar-refractivity contribution >= 4 is 27.7 Å². The van der Waals surface area contributed by atoms with E-state index in [0.717, 1.165) is 16.6 Å². The van der Waals surface area contributed by atoms with E-state index in [-0.39, 0.29) is 5.82 Å². The van der Waals surface area contributed by atoms with E-state index in [1.807, 2.05) is 17.8 Å². The zero-order valence-corrected chi connectivity index (χ0v) is 13.0. The number of hydrogen-bond acceptors (Lipinski definition) is 2. The van der Waals surface area contributed by atoms with Gasteiger partial charge in [0, 0.05) is 27.9 Å². The third kappa shape index (κ3) is 3.49. The van der Waals surface area contributed by atoms with Crippen molar-refractivity contribution in [3.63, 3.8) is 0 Å². The van der Waals surface area contributed by atoms with Gasteiger partial charge in [-0.1, -0.05) is 28.8 Å². The summed E-state index contributed by atoms with van der Waals surface area (Å²) in [6, 6.07) is 5.10. The number of halogens is 2. The molecule has 100 valence electrons. The van der Waals surface area contributed by atoms with E-state index in [2.05, 4.69) is 27.5 Å². The number of benzene rings is 1. The van der Waals surface area contributed by atoms with Crippen LogP contribution in [0.1, 0.15) is 31.2 Å². The Kier molecular flexibility index (Phi) is 5.10. The van der Waals surface area contributed by atoms with Gasteiger partial charge in [-0.2, -0.15) is 11.8 Å². The third-order valence-electron chi connectivity index (χ3n) is 3.72. The van der Waals surface area contributed by atoms with Crippen LogP contribution < -0.4 is 5.32 Å². The minimum absolute atomic E-state index is 0.129. The van der Waals surface area contributed by atoms with Crippen LogP contribution in [0.15, 0.2) is 22.7 Å². The smallest absolute Gasteiger partial charge is 0.127 e. The van der Waals surface area contributed by atoms with Gasteiger partial charge in [0.15, 0.2) is 0 Å². The number of thioether (sulfide) groups is 1. The summed E-state index contributed by atoms with van der Waals surface area (Å²) in [4.78, 5) is 0. The summed E-state index contributed by atoms with van der Waals surface area (Å²) in [5, 5.41) is 3.42. The van der Waals surface area contributed by atoms with Crippen LogP contribution in [0.5, 0.6) is 0 Å². The average Bonchev–Trinajstić information content (AvgIpc) is 2.83. The SMILES string of the molecule is CSC1(CNCc2cc(Br)ccc2F)CCCC1. The van der Waals surface area contributed by atoms with Crippen molar-refractivity contribution in [3.8, 4) is 0 Å². The highest BCUT2D eigenvalue weighted by Gasteiger charge is 2.32. The fourth-order valence-electron chi connectivity index (χ4n) is 2.58. The lowest BCUT2D eigenvalue weighted by molar-refractivity contribution is 0.521. The Labute approximate surface area is 121 Å². The molecular formula is C14H19BrFNS. The molecule has 0 heterocycles. The molecule has 0 saturated heterocycles. The Hall–Kier alpha value is -0.0600. The molecule has 0 aliphatic heterocycles. The van der Waals surface area contributed by atoms with Gasteiger partial charge in [-0.3, -0.25) is 0 Å². The topological polar surface area (TPSA) is 12.0 Å². The first kappa shape index (κ1) is 14.4. The Balaban J connectivity index is 1.89. The maximum absolute atomic E-state index is 13.6. The summed E-state index contributed by atoms with van der Waals surface area (Å²) >= 11 is 5.34. The summed E-state index contributed by atoms with van der Waals surface area (Å²) in [6.45, 7) is 1.58. The van der Waals surface area contributed by atoms with Crippen molar-refractivity contribution in [2.45, 2.75) is 37.0 Å². The Morgan fingerprint density at radius 1 is 1.39 bits per heavy atom. The molecule has 0 aromatic heterocycles. The van der Waals surface area contributed by atoms with Gasteiger partial charge in [-0.05, 0) is 37.3 Å². The quantitative estimate of drug-likeness (QED) is 0.860. The lowest BCUT2D eigenvalue weighted by Crippen LogP contribution is -2.34. The minimum Gasteiger partial charge on any atom is -0.311 e. The molecule has 4 heteroatoms. The molecule has 18 heavy (non-hydrogen) atoms. The van der Waals surface area contributed by atoms with Crippen LogP contribution in [0.3, 0.4) is 0 Å². The largest absolute Gasteiger partial charge is 0.311 e. The number of rotatable bonds is 5. The van der Waals surface area contributed by atoms with E-state index in [1.54, 1.807) is 6.07 Å². The average molecular weight is 332 g/mol. The first-order valence-corrected chi connectivity index (χ1v) is 8.37. The summed E-state index contributed by atoms with van der Waals surface area (Å²) < 4.78 is 14.9. The van der Waals surface area contributed by atoms with Gasteiger partial charge in [0.2, 0.25) is 0 Å². The Morgan fingerprint density at radius 3 is 2.78 bits per heavy atom. The lowest BCUT2D eigenvalue weighted by Gasteiger charge is -2.27. The third-order valence-corrected chi connectivity index (χ3v) is 5.63. The summed E-state index contributed by atoms with van der Waals surface area (Å²) in [7, 11) is 0. The van der Waals surface area contributed by atoms with E-state index in [4.69, 9.17) is 0 Å². The molecule has 1 aromatic rings. The highest BCUT2D eigenvalue weighted by atomic mass is 79.9. The van der Waals surface area contributed by atoms with Crippen molar-refractivity contribution in [3.05, 3.63) is 34.1 Å². The second kappa shape index (κ2) is 6.40. The standard InChI is InChI=1S/C14H19BrFNS/c1-18-14(6-2-3-7-14)10-17-9-11-8-12(15)4-5-13(11)16/h4-5,8,17H,2-3,6-7,9-10H2,1H3. The lowest BCUT2D eigenvalue weighted by atomic mass is 10.1. The van der Waals surface area contributed by atoms with E-state index in [9.17, 15) is 4.39 Å². The zero-order chi connectivity index (χ0) is 13.0. The molecule has 0 unspecified atom stereocenters. The minimum atomic E-state index is -0.129. The molecule has 0 radical (unpaired) electrons. The van der Waals surface area contributed by atoms with Gasteiger partial charge in [-0.15, -0.1) is 0 Å². The van der Waals surface area contributed by atoms with Crippen LogP contribution in [0.4, 0.5) is 4.39 Å². The van der Waals surface area contributed by atoms with Gasteiger partial charge < -0.3 is 5.32 Å². The van der Waals surface area contributed by atoms with Crippen molar-refractivity contribution in [1.82, 2.24) is 5.32 Å². The number of nitrogens with one attached hydrogen (secondary N) is 1. The Morgan fingerprint density at radius 2 is 2.11 bits per heavy atom. The maximum atomic E-state index is 13.6. The number of hydrogen-bond donors (Lipinski definition) is 1. The van der Waals surface area contributed by atoms with E-state index < -0.39 is 0 Å². The molecule has 1 N–H and O–H groups in total. The molecule has 1 saturated carbocycles. The predicted octanol–water partition coefficient (Wildman–Crippen LogP) is 4.35. The van der Waals surface area contributed by atoms with E-state index in [0.29, 0.717) is 11.3 Å². The van der Waals surface area contributed by atoms with Crippen molar-refractivity contribution in [2.75, 3.05) is 12.8 Å². The maximum Gasteiger partial charge on any atom is 0.127 e. The molecule has 1 nitrogen and oxygen atoms in total. The molecule has 2 rings (SSSR count). The van der Waals surface area contributed by atoms with Crippen LogP contribution in [0, 0.1) is 5.82 Å². The van der Waals surface area contributed by atoms with Crippen LogP contribution >= 0.6 is 27.7 Å². The summed E-state index contributed by atoms with van der Waals surface area (Å²) in [5.41, 5.74) is 0.735. The van der Waals surface area contributed by atoms with Crippen LogP contribution in [0.2, 0.25) is 0 Å². The molecule has 0 amide bonds. The fraction of sp³-hybridized carbons (Fsp3) is 0.571. The highest BCUT2D eigenvalue weighted by Crippen LogP contribution is 2.39. The normalized spacial score (nSPS) is 18.2. The molecule has 1 aliphatic rings.